The average Bonchev–Trinajstić information content (AvgIpc) is 2.59. The van der Waals surface area contributed by atoms with Gasteiger partial charge in [0.2, 0.25) is 5.88 Å². The maximum Gasteiger partial charge on any atom is 0.335 e. The number of aliphatic hydroxyl groups is 1. The van der Waals surface area contributed by atoms with Gasteiger partial charge in [0.15, 0.2) is 5.69 Å². The van der Waals surface area contributed by atoms with E-state index in [-0.39, 0.29) is 28.9 Å². The molecule has 1 heterocycles. The molecule has 0 aliphatic carbocycles. The van der Waals surface area contributed by atoms with Crippen LogP contribution in [0.25, 0.3) is 0 Å². The lowest BCUT2D eigenvalue weighted by molar-refractivity contribution is 0.0697. The fourth-order valence-corrected chi connectivity index (χ4v) is 2.27. The van der Waals surface area contributed by atoms with Crippen LogP contribution in [0, 0.1) is 18.3 Å². The molecular formula is C17H16N4O5. The number of hydrogen-bond donors (Lipinski definition) is 3. The van der Waals surface area contributed by atoms with Gasteiger partial charge >= 0.3 is 5.97 Å². The Kier molecular flexibility index (Phi) is 5.49. The number of aromatic nitrogens is 1. The van der Waals surface area contributed by atoms with Crippen molar-refractivity contribution in [1.29, 1.82) is 5.26 Å². The van der Waals surface area contributed by atoms with Crippen molar-refractivity contribution in [3.05, 3.63) is 51.3 Å². The molecular weight excluding hydrogens is 340 g/mol. The highest BCUT2D eigenvalue weighted by Crippen LogP contribution is 2.27. The molecule has 1 unspecified atom stereocenters. The molecule has 2 rings (SSSR count). The third kappa shape index (κ3) is 3.76. The van der Waals surface area contributed by atoms with E-state index >= 15 is 0 Å². The lowest BCUT2D eigenvalue weighted by atomic mass is 10.1. The SMILES string of the molecule is Cc1c(C#N)c(O)n(CC(C)O)c(=O)c1N=Nc1ccc(C(=O)O)cc1. The van der Waals surface area contributed by atoms with Crippen molar-refractivity contribution in [2.45, 2.75) is 26.5 Å². The number of carboxylic acid groups (broad SMARTS) is 1. The Morgan fingerprint density at radius 1 is 1.31 bits per heavy atom. The number of rotatable bonds is 5. The minimum absolute atomic E-state index is 0.0795. The zero-order valence-electron chi connectivity index (χ0n) is 14.0. The summed E-state index contributed by atoms with van der Waals surface area (Å²) in [6, 6.07) is 7.32. The van der Waals surface area contributed by atoms with Crippen LogP contribution in [0.1, 0.15) is 28.4 Å². The molecule has 0 bridgehead atoms. The molecule has 9 nitrogen and oxygen atoms in total. The van der Waals surface area contributed by atoms with E-state index < -0.39 is 23.5 Å². The number of benzene rings is 1. The molecule has 1 aromatic heterocycles. The largest absolute Gasteiger partial charge is 0.493 e. The van der Waals surface area contributed by atoms with Crippen molar-refractivity contribution in [3.8, 4) is 11.9 Å². The number of aliphatic hydroxyl groups excluding tert-OH is 1. The molecule has 26 heavy (non-hydrogen) atoms. The fraction of sp³-hybridized carbons (Fsp3) is 0.235. The molecule has 2 aromatic rings. The minimum Gasteiger partial charge on any atom is -0.493 e. The van der Waals surface area contributed by atoms with E-state index in [1.54, 1.807) is 6.07 Å². The predicted octanol–water partition coefficient (Wildman–Crippen LogP) is 2.23. The third-order valence-corrected chi connectivity index (χ3v) is 3.60. The van der Waals surface area contributed by atoms with Gasteiger partial charge in [-0.15, -0.1) is 5.11 Å². The average molecular weight is 356 g/mol. The van der Waals surface area contributed by atoms with Crippen molar-refractivity contribution in [1.82, 2.24) is 4.57 Å². The highest BCUT2D eigenvalue weighted by molar-refractivity contribution is 5.87. The molecule has 3 N–H and O–H groups in total. The zero-order valence-corrected chi connectivity index (χ0v) is 14.0. The molecule has 0 spiro atoms. The first-order chi connectivity index (χ1) is 12.3. The van der Waals surface area contributed by atoms with E-state index in [9.17, 15) is 25.1 Å². The quantitative estimate of drug-likeness (QED) is 0.699. The number of aromatic carboxylic acids is 1. The predicted molar refractivity (Wildman–Crippen MR) is 91.1 cm³/mol. The first kappa shape index (κ1) is 18.8. The monoisotopic (exact) mass is 356 g/mol. The number of nitriles is 1. The van der Waals surface area contributed by atoms with Crippen LogP contribution in [0.15, 0.2) is 39.3 Å². The van der Waals surface area contributed by atoms with Crippen molar-refractivity contribution in [2.24, 2.45) is 10.2 Å². The van der Waals surface area contributed by atoms with E-state index in [1.165, 1.54) is 38.1 Å². The first-order valence-electron chi connectivity index (χ1n) is 7.55. The normalized spacial score (nSPS) is 12.1. The van der Waals surface area contributed by atoms with Crippen molar-refractivity contribution < 1.29 is 20.1 Å². The van der Waals surface area contributed by atoms with Crippen LogP contribution in [-0.4, -0.2) is 32.0 Å². The molecule has 134 valence electrons. The van der Waals surface area contributed by atoms with Gasteiger partial charge in [0.25, 0.3) is 5.56 Å². The smallest absolute Gasteiger partial charge is 0.335 e. The summed E-state index contributed by atoms with van der Waals surface area (Å²) in [5, 5.41) is 45.4. The summed E-state index contributed by atoms with van der Waals surface area (Å²) in [5.74, 6) is -1.62. The first-order valence-corrected chi connectivity index (χ1v) is 7.55. The molecule has 0 radical (unpaired) electrons. The summed E-state index contributed by atoms with van der Waals surface area (Å²) in [5.41, 5.74) is -0.449. The van der Waals surface area contributed by atoms with Crippen LogP contribution in [-0.2, 0) is 6.54 Å². The number of carboxylic acids is 1. The topological polar surface area (TPSA) is 148 Å². The highest BCUT2D eigenvalue weighted by atomic mass is 16.4. The second-order valence-corrected chi connectivity index (χ2v) is 5.60. The number of aromatic hydroxyl groups is 1. The standard InChI is InChI=1S/C17H16N4O5/c1-9(22)8-21-15(23)13(7-18)10(2)14(16(21)24)20-19-12-5-3-11(4-6-12)17(25)26/h3-6,9,22-23H,8H2,1-2H3,(H,25,26). The Balaban J connectivity index is 2.53. The fourth-order valence-electron chi connectivity index (χ4n) is 2.27. The van der Waals surface area contributed by atoms with Crippen LogP contribution in [0.5, 0.6) is 5.88 Å². The van der Waals surface area contributed by atoms with Gasteiger partial charge in [0.05, 0.1) is 23.9 Å². The van der Waals surface area contributed by atoms with Crippen molar-refractivity contribution >= 4 is 17.3 Å². The molecule has 0 aliphatic rings. The summed E-state index contributed by atoms with van der Waals surface area (Å²) < 4.78 is 0.859. The minimum atomic E-state index is -1.08. The highest BCUT2D eigenvalue weighted by Gasteiger charge is 2.20. The zero-order chi connectivity index (χ0) is 19.4. The van der Waals surface area contributed by atoms with Crippen LogP contribution in [0.3, 0.4) is 0 Å². The summed E-state index contributed by atoms with van der Waals surface area (Å²) in [4.78, 5) is 23.4. The van der Waals surface area contributed by atoms with Crippen LogP contribution < -0.4 is 5.56 Å². The van der Waals surface area contributed by atoms with Gasteiger partial charge in [-0.05, 0) is 38.1 Å². The summed E-state index contributed by atoms with van der Waals surface area (Å²) in [6.45, 7) is 2.67. The number of azo groups is 1. The second kappa shape index (κ2) is 7.58. The maximum atomic E-state index is 12.5. The van der Waals surface area contributed by atoms with E-state index in [4.69, 9.17) is 5.11 Å². The van der Waals surface area contributed by atoms with Gasteiger partial charge in [-0.25, -0.2) is 4.79 Å². The van der Waals surface area contributed by atoms with Gasteiger partial charge in [-0.3, -0.25) is 9.36 Å². The van der Waals surface area contributed by atoms with Gasteiger partial charge in [-0.1, -0.05) is 0 Å². The van der Waals surface area contributed by atoms with Crippen molar-refractivity contribution in [3.63, 3.8) is 0 Å². The summed E-state index contributed by atoms with van der Waals surface area (Å²) in [6.07, 6.45) is -0.929. The Hall–Kier alpha value is -3.51. The molecule has 0 aliphatic heterocycles. The van der Waals surface area contributed by atoms with Gasteiger partial charge in [-0.2, -0.15) is 10.4 Å². The summed E-state index contributed by atoms with van der Waals surface area (Å²) in [7, 11) is 0. The number of pyridine rings is 1. The summed E-state index contributed by atoms with van der Waals surface area (Å²) >= 11 is 0. The molecule has 0 saturated carbocycles. The van der Waals surface area contributed by atoms with Crippen molar-refractivity contribution in [2.75, 3.05) is 0 Å². The van der Waals surface area contributed by atoms with Crippen LogP contribution in [0.2, 0.25) is 0 Å². The lowest BCUT2D eigenvalue weighted by Crippen LogP contribution is -2.26. The van der Waals surface area contributed by atoms with Gasteiger partial charge in [0.1, 0.15) is 11.6 Å². The van der Waals surface area contributed by atoms with Gasteiger partial charge < -0.3 is 15.3 Å². The van der Waals surface area contributed by atoms with E-state index in [2.05, 4.69) is 10.2 Å². The molecule has 0 fully saturated rings. The third-order valence-electron chi connectivity index (χ3n) is 3.60. The molecule has 0 amide bonds. The molecule has 1 aromatic carbocycles. The van der Waals surface area contributed by atoms with Crippen LogP contribution >= 0.6 is 0 Å². The number of carbonyl (C=O) groups is 1. The Labute approximate surface area is 148 Å². The number of hydrogen-bond acceptors (Lipinski definition) is 7. The Morgan fingerprint density at radius 2 is 1.92 bits per heavy atom. The number of nitrogens with zero attached hydrogens (tertiary/aromatic N) is 4. The second-order valence-electron chi connectivity index (χ2n) is 5.60. The van der Waals surface area contributed by atoms with E-state index in [0.717, 1.165) is 4.57 Å². The van der Waals surface area contributed by atoms with Gasteiger partial charge in [0, 0.05) is 5.56 Å². The maximum absolute atomic E-state index is 12.5. The van der Waals surface area contributed by atoms with E-state index in [0.29, 0.717) is 5.69 Å². The molecule has 1 atom stereocenters. The molecule has 9 heteroatoms. The Bertz CT molecular complexity index is 969. The molecule has 0 saturated heterocycles. The Morgan fingerprint density at radius 3 is 2.42 bits per heavy atom. The van der Waals surface area contributed by atoms with E-state index in [1.807, 2.05) is 0 Å². The lowest BCUT2D eigenvalue weighted by Gasteiger charge is -2.14. The van der Waals surface area contributed by atoms with Crippen LogP contribution in [0.4, 0.5) is 11.4 Å².